The van der Waals surface area contributed by atoms with E-state index in [4.69, 9.17) is 18.9 Å². The van der Waals surface area contributed by atoms with Crippen LogP contribution in [0.5, 0.6) is 11.5 Å². The van der Waals surface area contributed by atoms with Gasteiger partial charge in [0.2, 0.25) is 0 Å². The van der Waals surface area contributed by atoms with E-state index in [-0.39, 0.29) is 17.6 Å². The maximum absolute atomic E-state index is 13.2. The maximum atomic E-state index is 13.2. The third-order valence-electron chi connectivity index (χ3n) is 5.11. The number of benzene rings is 1. The third-order valence-corrected chi connectivity index (χ3v) is 5.11. The number of allylic oxidation sites excluding steroid dienone is 1. The number of hydrogen-bond acceptors (Lipinski definition) is 6. The Kier molecular flexibility index (Phi) is 6.59. The Hall–Kier alpha value is -2.80. The summed E-state index contributed by atoms with van der Waals surface area (Å²) >= 11 is 0. The summed E-state index contributed by atoms with van der Waals surface area (Å²) in [4.78, 5) is 27.2. The van der Waals surface area contributed by atoms with E-state index in [0.717, 1.165) is 18.4 Å². The van der Waals surface area contributed by atoms with Crippen LogP contribution >= 0.6 is 0 Å². The molecule has 2 aliphatic heterocycles. The molecule has 1 atom stereocenters. The van der Waals surface area contributed by atoms with Gasteiger partial charge < -0.3 is 23.8 Å². The molecular formula is C22H27NO6. The molecule has 0 unspecified atom stereocenters. The first-order valence-corrected chi connectivity index (χ1v) is 9.75. The van der Waals surface area contributed by atoms with Crippen molar-refractivity contribution in [2.45, 2.75) is 32.8 Å². The highest BCUT2D eigenvalue weighted by atomic mass is 16.5. The van der Waals surface area contributed by atoms with Gasteiger partial charge in [-0.3, -0.25) is 4.79 Å². The van der Waals surface area contributed by atoms with Gasteiger partial charge in [0.25, 0.3) is 5.91 Å². The quantitative estimate of drug-likeness (QED) is 0.517. The predicted octanol–water partition coefficient (Wildman–Crippen LogP) is 2.95. The normalized spacial score (nSPS) is 20.6. The molecule has 0 spiro atoms. The fraction of sp³-hybridized carbons (Fsp3) is 0.455. The zero-order chi connectivity index (χ0) is 21.0. The van der Waals surface area contributed by atoms with Crippen LogP contribution in [0.2, 0.25) is 0 Å². The molecule has 1 aromatic rings. The van der Waals surface area contributed by atoms with E-state index in [1.807, 2.05) is 13.0 Å². The Morgan fingerprint density at radius 3 is 2.72 bits per heavy atom. The summed E-state index contributed by atoms with van der Waals surface area (Å²) in [6.07, 6.45) is 3.55. The first-order valence-electron chi connectivity index (χ1n) is 9.75. The predicted molar refractivity (Wildman–Crippen MR) is 108 cm³/mol. The van der Waals surface area contributed by atoms with Crippen LogP contribution in [0.25, 0.3) is 6.08 Å². The molecule has 1 fully saturated rings. The van der Waals surface area contributed by atoms with Crippen molar-refractivity contribution in [3.8, 4) is 11.5 Å². The van der Waals surface area contributed by atoms with Gasteiger partial charge in [0.1, 0.15) is 0 Å². The number of carbonyl (C=O) groups excluding carboxylic acids is 2. The molecule has 1 saturated heterocycles. The van der Waals surface area contributed by atoms with E-state index < -0.39 is 5.97 Å². The highest BCUT2D eigenvalue weighted by molar-refractivity contribution is 6.16. The van der Waals surface area contributed by atoms with Gasteiger partial charge >= 0.3 is 5.97 Å². The molecular weight excluding hydrogens is 374 g/mol. The van der Waals surface area contributed by atoms with E-state index in [9.17, 15) is 9.59 Å². The van der Waals surface area contributed by atoms with Crippen LogP contribution < -0.4 is 9.47 Å². The molecule has 0 aliphatic carbocycles. The van der Waals surface area contributed by atoms with Crippen LogP contribution in [0.1, 0.15) is 32.3 Å². The smallest absolute Gasteiger partial charge is 0.340 e. The number of hydrogen-bond donors (Lipinski definition) is 0. The first-order chi connectivity index (χ1) is 14.0. The van der Waals surface area contributed by atoms with Crippen LogP contribution in [0, 0.1) is 0 Å². The number of carbonyl (C=O) groups is 2. The Balaban J connectivity index is 1.97. The van der Waals surface area contributed by atoms with Crippen molar-refractivity contribution in [1.29, 1.82) is 0 Å². The average Bonchev–Trinajstić information content (AvgIpc) is 3.32. The van der Waals surface area contributed by atoms with Gasteiger partial charge in [-0.25, -0.2) is 4.79 Å². The van der Waals surface area contributed by atoms with Crippen molar-refractivity contribution < 1.29 is 28.5 Å². The molecule has 0 aromatic heterocycles. The number of esters is 1. The van der Waals surface area contributed by atoms with E-state index in [0.29, 0.717) is 42.5 Å². The standard InChI is InChI=1S/C22H27NO6/c1-5-28-18-9-8-15(12-19(18)26-3)11-17-20(22(25)27-4)14(2)23(21(17)24)13-16-7-6-10-29-16/h8-9,11-12,16H,5-7,10,13H2,1-4H3/b17-11-/t16-/m1/s1. The van der Waals surface area contributed by atoms with Crippen LogP contribution in [-0.4, -0.2) is 56.9 Å². The van der Waals surface area contributed by atoms with E-state index >= 15 is 0 Å². The van der Waals surface area contributed by atoms with Crippen LogP contribution in [0.4, 0.5) is 0 Å². The lowest BCUT2D eigenvalue weighted by atomic mass is 10.0. The fourth-order valence-electron chi connectivity index (χ4n) is 3.66. The minimum absolute atomic E-state index is 0.0160. The van der Waals surface area contributed by atoms with Gasteiger partial charge in [-0.15, -0.1) is 0 Å². The summed E-state index contributed by atoms with van der Waals surface area (Å²) in [6, 6.07) is 5.38. The molecule has 2 heterocycles. The third kappa shape index (κ3) is 4.29. The lowest BCUT2D eigenvalue weighted by Crippen LogP contribution is -2.33. The van der Waals surface area contributed by atoms with E-state index in [1.54, 1.807) is 37.1 Å². The summed E-state index contributed by atoms with van der Waals surface area (Å²) in [5.74, 6) is 0.416. The Morgan fingerprint density at radius 2 is 2.10 bits per heavy atom. The molecule has 7 nitrogen and oxygen atoms in total. The fourth-order valence-corrected chi connectivity index (χ4v) is 3.66. The number of nitrogens with zero attached hydrogens (tertiary/aromatic N) is 1. The minimum atomic E-state index is -0.533. The average molecular weight is 401 g/mol. The van der Waals surface area contributed by atoms with Crippen LogP contribution in [0.15, 0.2) is 35.0 Å². The molecule has 7 heteroatoms. The Labute approximate surface area is 170 Å². The van der Waals surface area contributed by atoms with Crippen molar-refractivity contribution in [1.82, 2.24) is 4.90 Å². The Bertz CT molecular complexity index is 851. The largest absolute Gasteiger partial charge is 0.493 e. The molecule has 0 N–H and O–H groups in total. The van der Waals surface area contributed by atoms with Crippen molar-refractivity contribution in [2.24, 2.45) is 0 Å². The molecule has 0 radical (unpaired) electrons. The topological polar surface area (TPSA) is 74.3 Å². The summed E-state index contributed by atoms with van der Waals surface area (Å²) < 4.78 is 21.5. The number of amides is 1. The van der Waals surface area contributed by atoms with Crippen molar-refractivity contribution in [3.05, 3.63) is 40.6 Å². The lowest BCUT2D eigenvalue weighted by molar-refractivity contribution is -0.136. The van der Waals surface area contributed by atoms with Gasteiger partial charge in [0.15, 0.2) is 11.5 Å². The molecule has 2 aliphatic rings. The second-order valence-electron chi connectivity index (χ2n) is 6.90. The maximum Gasteiger partial charge on any atom is 0.340 e. The van der Waals surface area contributed by atoms with E-state index in [2.05, 4.69) is 0 Å². The van der Waals surface area contributed by atoms with Crippen LogP contribution in [0.3, 0.4) is 0 Å². The molecule has 0 bridgehead atoms. The SMILES string of the molecule is CCOc1ccc(/C=C2\C(=O)N(C[C@H]3CCCO3)C(C)=C2C(=O)OC)cc1OC. The number of methoxy groups -OCH3 is 2. The minimum Gasteiger partial charge on any atom is -0.493 e. The molecule has 156 valence electrons. The van der Waals surface area contributed by atoms with Gasteiger partial charge in [0, 0.05) is 12.3 Å². The van der Waals surface area contributed by atoms with Crippen molar-refractivity contribution >= 4 is 18.0 Å². The Morgan fingerprint density at radius 1 is 1.31 bits per heavy atom. The van der Waals surface area contributed by atoms with E-state index in [1.165, 1.54) is 7.11 Å². The highest BCUT2D eigenvalue weighted by Crippen LogP contribution is 2.34. The number of rotatable bonds is 7. The molecule has 0 saturated carbocycles. The van der Waals surface area contributed by atoms with Crippen LogP contribution in [-0.2, 0) is 19.1 Å². The zero-order valence-electron chi connectivity index (χ0n) is 17.3. The molecule has 1 amide bonds. The first kappa shape index (κ1) is 20.9. The molecule has 3 rings (SSSR count). The van der Waals surface area contributed by atoms with Gasteiger partial charge in [0.05, 0.1) is 44.6 Å². The van der Waals surface area contributed by atoms with Gasteiger partial charge in [-0.05, 0) is 50.5 Å². The lowest BCUT2D eigenvalue weighted by Gasteiger charge is -2.21. The van der Waals surface area contributed by atoms with Crippen molar-refractivity contribution in [3.63, 3.8) is 0 Å². The van der Waals surface area contributed by atoms with Crippen molar-refractivity contribution in [2.75, 3.05) is 34.0 Å². The summed E-state index contributed by atoms with van der Waals surface area (Å²) in [6.45, 7) is 5.30. The summed E-state index contributed by atoms with van der Waals surface area (Å²) in [7, 11) is 2.87. The number of ether oxygens (including phenoxy) is 4. The molecule has 29 heavy (non-hydrogen) atoms. The molecule has 1 aromatic carbocycles. The highest BCUT2D eigenvalue weighted by Gasteiger charge is 2.38. The van der Waals surface area contributed by atoms with Gasteiger partial charge in [-0.2, -0.15) is 0 Å². The van der Waals surface area contributed by atoms with Gasteiger partial charge in [-0.1, -0.05) is 6.07 Å². The zero-order valence-corrected chi connectivity index (χ0v) is 17.3. The second kappa shape index (κ2) is 9.13. The summed E-state index contributed by atoms with van der Waals surface area (Å²) in [5, 5.41) is 0. The second-order valence-corrected chi connectivity index (χ2v) is 6.90. The monoisotopic (exact) mass is 401 g/mol. The summed E-state index contributed by atoms with van der Waals surface area (Å²) in [5.41, 5.74) is 1.89.